The number of aryl methyl sites for hydroxylation is 1. The number of nitrogens with zero attached hydrogens (tertiary/aromatic N) is 2. The molecule has 0 spiro atoms. The molecule has 0 unspecified atom stereocenters. The van der Waals surface area contributed by atoms with E-state index >= 15 is 0 Å². The molecule has 0 aliphatic heterocycles. The molecule has 6 heteroatoms. The summed E-state index contributed by atoms with van der Waals surface area (Å²) in [4.78, 5) is 20.7. The molecule has 0 saturated heterocycles. The first kappa shape index (κ1) is 15.4. The lowest BCUT2D eigenvalue weighted by atomic mass is 10.2. The minimum Gasteiger partial charge on any atom is -0.440 e. The zero-order valence-electron chi connectivity index (χ0n) is 13.2. The van der Waals surface area contributed by atoms with Crippen LogP contribution in [0.5, 0.6) is 0 Å². The first-order valence-electron chi connectivity index (χ1n) is 7.33. The fourth-order valence-electron chi connectivity index (χ4n) is 2.07. The summed E-state index contributed by atoms with van der Waals surface area (Å²) in [7, 11) is 0. The second-order valence-corrected chi connectivity index (χ2v) is 6.57. The Bertz CT molecular complexity index is 877. The summed E-state index contributed by atoms with van der Waals surface area (Å²) in [6.45, 7) is 5.98. The van der Waals surface area contributed by atoms with Crippen molar-refractivity contribution in [1.29, 1.82) is 0 Å². The van der Waals surface area contributed by atoms with Crippen molar-refractivity contribution in [3.63, 3.8) is 0 Å². The minimum atomic E-state index is -0.206. The second kappa shape index (κ2) is 6.34. The minimum absolute atomic E-state index is 0.206. The monoisotopic (exact) mass is 327 g/mol. The van der Waals surface area contributed by atoms with Crippen molar-refractivity contribution in [2.45, 2.75) is 26.7 Å². The maximum Gasteiger partial charge on any atom is 0.248 e. The summed E-state index contributed by atoms with van der Waals surface area (Å²) in [6, 6.07) is 5.43. The smallest absolute Gasteiger partial charge is 0.248 e. The van der Waals surface area contributed by atoms with Gasteiger partial charge in [0.05, 0.1) is 10.7 Å². The summed E-state index contributed by atoms with van der Waals surface area (Å²) < 4.78 is 5.65. The predicted molar refractivity (Wildman–Crippen MR) is 92.6 cm³/mol. The van der Waals surface area contributed by atoms with Crippen molar-refractivity contribution in [3.8, 4) is 0 Å². The van der Waals surface area contributed by atoms with Crippen LogP contribution in [0, 0.1) is 6.92 Å². The van der Waals surface area contributed by atoms with E-state index in [1.807, 2.05) is 38.3 Å². The normalized spacial score (nSPS) is 11.7. The maximum absolute atomic E-state index is 12.0. The average Bonchev–Trinajstić information content (AvgIpc) is 3.10. The van der Waals surface area contributed by atoms with Gasteiger partial charge < -0.3 is 9.73 Å². The van der Waals surface area contributed by atoms with E-state index in [-0.39, 0.29) is 11.8 Å². The Kier molecular flexibility index (Phi) is 4.25. The number of rotatable bonds is 4. The van der Waals surface area contributed by atoms with E-state index in [0.717, 1.165) is 21.8 Å². The highest BCUT2D eigenvalue weighted by molar-refractivity contribution is 7.09. The van der Waals surface area contributed by atoms with Crippen LogP contribution in [0.1, 0.15) is 36.4 Å². The van der Waals surface area contributed by atoms with Crippen LogP contribution in [0.4, 0.5) is 5.69 Å². The molecule has 0 radical (unpaired) electrons. The Hall–Kier alpha value is -2.47. The van der Waals surface area contributed by atoms with E-state index in [9.17, 15) is 4.79 Å². The summed E-state index contributed by atoms with van der Waals surface area (Å²) in [5, 5.41) is 5.70. The van der Waals surface area contributed by atoms with Gasteiger partial charge >= 0.3 is 0 Å². The lowest BCUT2D eigenvalue weighted by Gasteiger charge is -2.00. The highest BCUT2D eigenvalue weighted by atomic mass is 32.1. The zero-order valence-corrected chi connectivity index (χ0v) is 14.0. The SMILES string of the molecule is Cc1nc(/C=C/C(=O)Nc2ccc3oc(C(C)C)nc3c2)cs1. The van der Waals surface area contributed by atoms with Gasteiger partial charge in [0.2, 0.25) is 5.91 Å². The first-order chi connectivity index (χ1) is 11.0. The number of benzene rings is 1. The van der Waals surface area contributed by atoms with Crippen molar-refractivity contribution < 1.29 is 9.21 Å². The molecule has 0 saturated carbocycles. The summed E-state index contributed by atoms with van der Waals surface area (Å²) >= 11 is 1.55. The van der Waals surface area contributed by atoms with Gasteiger partial charge in [0.25, 0.3) is 0 Å². The van der Waals surface area contributed by atoms with Gasteiger partial charge in [-0.3, -0.25) is 4.79 Å². The summed E-state index contributed by atoms with van der Waals surface area (Å²) in [6.07, 6.45) is 3.17. The number of nitrogens with one attached hydrogen (secondary N) is 1. The number of hydrogen-bond donors (Lipinski definition) is 1. The molecule has 0 aliphatic rings. The molecule has 1 amide bonds. The van der Waals surface area contributed by atoms with Crippen molar-refractivity contribution >= 4 is 40.1 Å². The van der Waals surface area contributed by atoms with Crippen LogP contribution < -0.4 is 5.32 Å². The number of anilines is 1. The third-order valence-corrected chi connectivity index (χ3v) is 4.00. The summed E-state index contributed by atoms with van der Waals surface area (Å²) in [5.41, 5.74) is 2.94. The van der Waals surface area contributed by atoms with Crippen LogP contribution >= 0.6 is 11.3 Å². The zero-order chi connectivity index (χ0) is 16.4. The first-order valence-corrected chi connectivity index (χ1v) is 8.21. The second-order valence-electron chi connectivity index (χ2n) is 5.50. The number of thiazole rings is 1. The average molecular weight is 327 g/mol. The molecule has 5 nitrogen and oxygen atoms in total. The van der Waals surface area contributed by atoms with Crippen LogP contribution in [-0.4, -0.2) is 15.9 Å². The number of amides is 1. The molecule has 0 fully saturated rings. The Morgan fingerprint density at radius 1 is 1.35 bits per heavy atom. The molecular formula is C17H17N3O2S. The van der Waals surface area contributed by atoms with Crippen LogP contribution in [0.15, 0.2) is 34.1 Å². The Balaban J connectivity index is 1.73. The molecule has 118 valence electrons. The van der Waals surface area contributed by atoms with Gasteiger partial charge in [-0.2, -0.15) is 0 Å². The Morgan fingerprint density at radius 3 is 2.87 bits per heavy atom. The van der Waals surface area contributed by atoms with Gasteiger partial charge in [0.15, 0.2) is 11.5 Å². The highest BCUT2D eigenvalue weighted by Gasteiger charge is 2.10. The number of carbonyl (C=O) groups is 1. The van der Waals surface area contributed by atoms with Crippen molar-refractivity contribution in [2.75, 3.05) is 5.32 Å². The fourth-order valence-corrected chi connectivity index (χ4v) is 2.65. The predicted octanol–water partition coefficient (Wildman–Crippen LogP) is 4.37. The molecule has 0 atom stereocenters. The van der Waals surface area contributed by atoms with Gasteiger partial charge in [-0.25, -0.2) is 9.97 Å². The number of fused-ring (bicyclic) bond motifs is 1. The van der Waals surface area contributed by atoms with E-state index in [0.29, 0.717) is 11.6 Å². The van der Waals surface area contributed by atoms with Gasteiger partial charge in [0.1, 0.15) is 5.52 Å². The molecular weight excluding hydrogens is 310 g/mol. The van der Waals surface area contributed by atoms with Crippen molar-refractivity contribution in [2.24, 2.45) is 0 Å². The van der Waals surface area contributed by atoms with Crippen LogP contribution in [0.2, 0.25) is 0 Å². The molecule has 3 aromatic rings. The Morgan fingerprint density at radius 2 is 2.17 bits per heavy atom. The molecule has 1 aromatic carbocycles. The molecule has 0 bridgehead atoms. The van der Waals surface area contributed by atoms with Crippen LogP contribution in [-0.2, 0) is 4.79 Å². The maximum atomic E-state index is 12.0. The third-order valence-electron chi connectivity index (χ3n) is 3.21. The Labute approximate surface area is 138 Å². The van der Waals surface area contributed by atoms with Crippen LogP contribution in [0.3, 0.4) is 0 Å². The van der Waals surface area contributed by atoms with Gasteiger partial charge in [0, 0.05) is 23.1 Å². The largest absolute Gasteiger partial charge is 0.440 e. The van der Waals surface area contributed by atoms with Gasteiger partial charge in [-0.1, -0.05) is 13.8 Å². The van der Waals surface area contributed by atoms with E-state index in [1.165, 1.54) is 6.08 Å². The van der Waals surface area contributed by atoms with Gasteiger partial charge in [-0.15, -0.1) is 11.3 Å². The topological polar surface area (TPSA) is 68.0 Å². The van der Waals surface area contributed by atoms with Crippen molar-refractivity contribution in [3.05, 3.63) is 46.2 Å². The molecule has 2 aromatic heterocycles. The van der Waals surface area contributed by atoms with Crippen molar-refractivity contribution in [1.82, 2.24) is 9.97 Å². The number of carbonyl (C=O) groups excluding carboxylic acids is 1. The molecule has 0 aliphatic carbocycles. The molecule has 3 rings (SSSR count). The van der Waals surface area contributed by atoms with Gasteiger partial charge in [-0.05, 0) is 31.2 Å². The van der Waals surface area contributed by atoms with E-state index < -0.39 is 0 Å². The quantitative estimate of drug-likeness (QED) is 0.723. The molecule has 1 N–H and O–H groups in total. The lowest BCUT2D eigenvalue weighted by Crippen LogP contribution is -2.07. The third kappa shape index (κ3) is 3.65. The number of aromatic nitrogens is 2. The molecule has 2 heterocycles. The van der Waals surface area contributed by atoms with E-state index in [1.54, 1.807) is 23.5 Å². The van der Waals surface area contributed by atoms with Crippen LogP contribution in [0.25, 0.3) is 17.2 Å². The van der Waals surface area contributed by atoms with E-state index in [2.05, 4.69) is 15.3 Å². The fraction of sp³-hybridized carbons (Fsp3) is 0.235. The lowest BCUT2D eigenvalue weighted by molar-refractivity contribution is -0.111. The molecule has 23 heavy (non-hydrogen) atoms. The summed E-state index contributed by atoms with van der Waals surface area (Å²) in [5.74, 6) is 0.717. The van der Waals surface area contributed by atoms with E-state index in [4.69, 9.17) is 4.42 Å². The number of hydrogen-bond acceptors (Lipinski definition) is 5. The standard InChI is InChI=1S/C17H17N3O2S/c1-10(2)17-20-14-8-12(4-6-15(14)22-17)19-16(21)7-5-13-9-23-11(3)18-13/h4-10H,1-3H3,(H,19,21)/b7-5+. The number of oxazole rings is 1. The highest BCUT2D eigenvalue weighted by Crippen LogP contribution is 2.23.